The third kappa shape index (κ3) is 3.02. The van der Waals surface area contributed by atoms with Crippen molar-refractivity contribution in [2.24, 2.45) is 0 Å². The van der Waals surface area contributed by atoms with Gasteiger partial charge in [-0.2, -0.15) is 0 Å². The molecule has 1 aromatic heterocycles. The van der Waals surface area contributed by atoms with Crippen LogP contribution in [0.25, 0.3) is 11.1 Å². The lowest BCUT2D eigenvalue weighted by atomic mass is 10.1. The second-order valence-corrected chi connectivity index (χ2v) is 4.12. The minimum absolute atomic E-state index is 0.775. The molecule has 0 bridgehead atoms. The molecule has 0 amide bonds. The first-order valence-electron chi connectivity index (χ1n) is 5.55. The lowest BCUT2D eigenvalue weighted by Gasteiger charge is -2.07. The number of aromatic nitrogens is 2. The lowest BCUT2D eigenvalue weighted by molar-refractivity contribution is 0.727. The smallest absolute Gasteiger partial charge is 0.115 e. The molecule has 1 heterocycles. The monoisotopic (exact) mass is 247 g/mol. The number of hydrogen-bond acceptors (Lipinski definition) is 3. The van der Waals surface area contributed by atoms with Gasteiger partial charge in [-0.1, -0.05) is 24.6 Å². The molecule has 0 saturated heterocycles. The molecule has 88 valence electrons. The number of rotatable bonds is 4. The van der Waals surface area contributed by atoms with Gasteiger partial charge in [-0.05, 0) is 29.8 Å². The van der Waals surface area contributed by atoms with Crippen molar-refractivity contribution in [3.05, 3.63) is 47.5 Å². The predicted molar refractivity (Wildman–Crippen MR) is 69.9 cm³/mol. The van der Waals surface area contributed by atoms with Gasteiger partial charge in [0.25, 0.3) is 0 Å². The first-order chi connectivity index (χ1) is 8.31. The maximum Gasteiger partial charge on any atom is 0.115 e. The fraction of sp³-hybridized carbons (Fsp3) is 0.231. The van der Waals surface area contributed by atoms with Crippen LogP contribution < -0.4 is 5.32 Å². The fourth-order valence-corrected chi connectivity index (χ4v) is 1.78. The Kier molecular flexibility index (Phi) is 4.07. The molecule has 0 saturated carbocycles. The predicted octanol–water partition coefficient (Wildman–Crippen LogP) is 2.91. The molecular formula is C13H14ClN3. The van der Waals surface area contributed by atoms with Crippen LogP contribution in [-0.2, 0) is 6.54 Å². The van der Waals surface area contributed by atoms with Crippen molar-refractivity contribution in [2.75, 3.05) is 6.54 Å². The maximum absolute atomic E-state index is 6.15. The van der Waals surface area contributed by atoms with E-state index in [1.165, 1.54) is 6.33 Å². The first-order valence-corrected chi connectivity index (χ1v) is 5.93. The van der Waals surface area contributed by atoms with Crippen molar-refractivity contribution in [1.29, 1.82) is 0 Å². The third-order valence-corrected chi connectivity index (χ3v) is 2.87. The molecule has 2 rings (SSSR count). The van der Waals surface area contributed by atoms with Crippen LogP contribution in [0.5, 0.6) is 0 Å². The van der Waals surface area contributed by atoms with Gasteiger partial charge in [0.2, 0.25) is 0 Å². The van der Waals surface area contributed by atoms with Gasteiger partial charge in [-0.25, -0.2) is 9.97 Å². The summed E-state index contributed by atoms with van der Waals surface area (Å²) in [5.41, 5.74) is 3.18. The van der Waals surface area contributed by atoms with Crippen molar-refractivity contribution < 1.29 is 0 Å². The highest BCUT2D eigenvalue weighted by atomic mass is 35.5. The van der Waals surface area contributed by atoms with E-state index in [4.69, 9.17) is 11.6 Å². The normalized spacial score (nSPS) is 10.5. The standard InChI is InChI=1S/C13H14ClN3/c1-2-15-6-11-5-10(3-4-13(11)14)12-7-16-9-17-8-12/h3-5,7-9,15H,2,6H2,1H3. The minimum Gasteiger partial charge on any atom is -0.313 e. The highest BCUT2D eigenvalue weighted by molar-refractivity contribution is 6.31. The van der Waals surface area contributed by atoms with E-state index in [-0.39, 0.29) is 0 Å². The van der Waals surface area contributed by atoms with Crippen LogP contribution in [0.1, 0.15) is 12.5 Å². The molecule has 0 aliphatic heterocycles. The summed E-state index contributed by atoms with van der Waals surface area (Å²) in [7, 11) is 0. The number of nitrogens with zero attached hydrogens (tertiary/aromatic N) is 2. The Morgan fingerprint density at radius 2 is 1.94 bits per heavy atom. The SMILES string of the molecule is CCNCc1cc(-c2cncnc2)ccc1Cl. The topological polar surface area (TPSA) is 37.8 Å². The molecule has 0 unspecified atom stereocenters. The molecule has 1 N–H and O–H groups in total. The van der Waals surface area contributed by atoms with Crippen molar-refractivity contribution in [1.82, 2.24) is 15.3 Å². The van der Waals surface area contributed by atoms with Gasteiger partial charge in [0.05, 0.1) is 0 Å². The van der Waals surface area contributed by atoms with E-state index in [9.17, 15) is 0 Å². The van der Waals surface area contributed by atoms with Crippen LogP contribution in [0.3, 0.4) is 0 Å². The van der Waals surface area contributed by atoms with Crippen molar-refractivity contribution in [2.45, 2.75) is 13.5 Å². The van der Waals surface area contributed by atoms with Crippen molar-refractivity contribution in [3.8, 4) is 11.1 Å². The van der Waals surface area contributed by atoms with Crippen LogP contribution in [-0.4, -0.2) is 16.5 Å². The van der Waals surface area contributed by atoms with Gasteiger partial charge in [0.15, 0.2) is 0 Å². The molecule has 0 atom stereocenters. The zero-order valence-electron chi connectivity index (χ0n) is 9.65. The summed E-state index contributed by atoms with van der Waals surface area (Å²) in [6.45, 7) is 3.77. The second kappa shape index (κ2) is 5.75. The van der Waals surface area contributed by atoms with Crippen LogP contribution in [0.2, 0.25) is 5.02 Å². The Morgan fingerprint density at radius 1 is 1.18 bits per heavy atom. The Morgan fingerprint density at radius 3 is 2.65 bits per heavy atom. The first kappa shape index (κ1) is 12.0. The number of nitrogens with one attached hydrogen (secondary N) is 1. The van der Waals surface area contributed by atoms with Crippen LogP contribution in [0.15, 0.2) is 36.9 Å². The number of hydrogen-bond donors (Lipinski definition) is 1. The van der Waals surface area contributed by atoms with Crippen molar-refractivity contribution >= 4 is 11.6 Å². The Balaban J connectivity index is 2.31. The number of benzene rings is 1. The third-order valence-electron chi connectivity index (χ3n) is 2.51. The highest BCUT2D eigenvalue weighted by Gasteiger charge is 2.03. The van der Waals surface area contributed by atoms with Gasteiger partial charge in [0.1, 0.15) is 6.33 Å². The molecule has 17 heavy (non-hydrogen) atoms. The zero-order chi connectivity index (χ0) is 12.1. The van der Waals surface area contributed by atoms with Gasteiger partial charge >= 0.3 is 0 Å². The van der Waals surface area contributed by atoms with Crippen LogP contribution in [0, 0.1) is 0 Å². The van der Waals surface area contributed by atoms with Gasteiger partial charge in [-0.15, -0.1) is 0 Å². The minimum atomic E-state index is 0.775. The van der Waals surface area contributed by atoms with E-state index in [2.05, 4.69) is 28.3 Å². The van der Waals surface area contributed by atoms with Gasteiger partial charge in [-0.3, -0.25) is 0 Å². The summed E-state index contributed by atoms with van der Waals surface area (Å²) in [6.07, 6.45) is 5.12. The molecule has 4 heteroatoms. The summed E-state index contributed by atoms with van der Waals surface area (Å²) in [6, 6.07) is 5.97. The van der Waals surface area contributed by atoms with E-state index in [0.29, 0.717) is 0 Å². The summed E-state index contributed by atoms with van der Waals surface area (Å²) in [4.78, 5) is 8.03. The number of halogens is 1. The van der Waals surface area contributed by atoms with Crippen molar-refractivity contribution in [3.63, 3.8) is 0 Å². The van der Waals surface area contributed by atoms with Gasteiger partial charge < -0.3 is 5.32 Å². The zero-order valence-corrected chi connectivity index (χ0v) is 10.4. The van der Waals surface area contributed by atoms with E-state index < -0.39 is 0 Å². The summed E-state index contributed by atoms with van der Waals surface area (Å²) < 4.78 is 0. The van der Waals surface area contributed by atoms with Gasteiger partial charge in [0, 0.05) is 29.5 Å². The molecule has 3 nitrogen and oxygen atoms in total. The quantitative estimate of drug-likeness (QED) is 0.903. The maximum atomic E-state index is 6.15. The van der Waals surface area contributed by atoms with E-state index in [1.54, 1.807) is 12.4 Å². The molecule has 0 radical (unpaired) electrons. The Bertz CT molecular complexity index is 485. The molecular weight excluding hydrogens is 234 g/mol. The Hall–Kier alpha value is -1.45. The Labute approximate surface area is 106 Å². The van der Waals surface area contributed by atoms with Crippen LogP contribution in [0.4, 0.5) is 0 Å². The highest BCUT2D eigenvalue weighted by Crippen LogP contribution is 2.24. The lowest BCUT2D eigenvalue weighted by Crippen LogP contribution is -2.12. The fourth-order valence-electron chi connectivity index (χ4n) is 1.60. The van der Waals surface area contributed by atoms with E-state index in [1.807, 2.05) is 12.1 Å². The average Bonchev–Trinajstić information content (AvgIpc) is 2.39. The molecule has 0 aliphatic rings. The molecule has 2 aromatic rings. The average molecular weight is 248 g/mol. The largest absolute Gasteiger partial charge is 0.313 e. The second-order valence-electron chi connectivity index (χ2n) is 3.71. The molecule has 0 spiro atoms. The molecule has 0 fully saturated rings. The summed E-state index contributed by atoms with van der Waals surface area (Å²) in [5, 5.41) is 4.05. The van der Waals surface area contributed by atoms with Crippen LogP contribution >= 0.6 is 11.6 Å². The molecule has 0 aliphatic carbocycles. The molecule has 1 aromatic carbocycles. The van der Waals surface area contributed by atoms with E-state index in [0.717, 1.165) is 34.8 Å². The van der Waals surface area contributed by atoms with E-state index >= 15 is 0 Å². The summed E-state index contributed by atoms with van der Waals surface area (Å²) in [5.74, 6) is 0. The summed E-state index contributed by atoms with van der Waals surface area (Å²) >= 11 is 6.15.